The number of carbonyl (C=O) groups excluding carboxylic acids is 1. The zero-order chi connectivity index (χ0) is 20.8. The van der Waals surface area contributed by atoms with E-state index in [9.17, 15) is 9.18 Å². The van der Waals surface area contributed by atoms with Crippen molar-refractivity contribution >= 4 is 44.2 Å². The maximum Gasteiger partial charge on any atom is 0.263 e. The van der Waals surface area contributed by atoms with E-state index in [4.69, 9.17) is 25.6 Å². The third kappa shape index (κ3) is 3.16. The molecule has 152 valence electrons. The maximum absolute atomic E-state index is 14.4. The van der Waals surface area contributed by atoms with Gasteiger partial charge in [0, 0.05) is 12.1 Å². The van der Waals surface area contributed by atoms with Crippen LogP contribution in [0.1, 0.15) is 16.1 Å². The Morgan fingerprint density at radius 1 is 1.23 bits per heavy atom. The molecule has 7 nitrogen and oxygen atoms in total. The molecule has 0 fully saturated rings. The van der Waals surface area contributed by atoms with Crippen LogP contribution in [-0.2, 0) is 0 Å². The van der Waals surface area contributed by atoms with Gasteiger partial charge in [0.2, 0.25) is 0 Å². The van der Waals surface area contributed by atoms with Crippen LogP contribution in [0, 0.1) is 12.7 Å². The van der Waals surface area contributed by atoms with Crippen molar-refractivity contribution in [3.8, 4) is 22.8 Å². The van der Waals surface area contributed by atoms with Crippen molar-refractivity contribution < 1.29 is 23.2 Å². The van der Waals surface area contributed by atoms with Gasteiger partial charge >= 0.3 is 0 Å². The van der Waals surface area contributed by atoms with E-state index in [0.717, 1.165) is 4.70 Å². The summed E-state index contributed by atoms with van der Waals surface area (Å²) in [5.41, 5.74) is 0.796. The number of fused-ring (bicyclic) bond motifs is 2. The summed E-state index contributed by atoms with van der Waals surface area (Å²) in [4.78, 5) is 17.4. The highest BCUT2D eigenvalue weighted by Crippen LogP contribution is 2.38. The van der Waals surface area contributed by atoms with Crippen molar-refractivity contribution in [2.75, 3.05) is 18.5 Å². The van der Waals surface area contributed by atoms with Crippen LogP contribution in [0.4, 0.5) is 9.52 Å². The van der Waals surface area contributed by atoms with Crippen molar-refractivity contribution in [2.45, 2.75) is 6.92 Å². The number of ether oxygens (including phenoxy) is 2. The van der Waals surface area contributed by atoms with Crippen LogP contribution in [0.2, 0.25) is 5.02 Å². The van der Waals surface area contributed by atoms with Crippen LogP contribution >= 0.6 is 22.9 Å². The molecule has 0 atom stereocenters. The Labute approximate surface area is 178 Å². The van der Waals surface area contributed by atoms with Gasteiger partial charge in [-0.2, -0.15) is 0 Å². The molecule has 1 N–H and O–H groups in total. The van der Waals surface area contributed by atoms with E-state index in [0.29, 0.717) is 35.4 Å². The summed E-state index contributed by atoms with van der Waals surface area (Å²) in [5, 5.41) is 7.08. The van der Waals surface area contributed by atoms with E-state index in [1.54, 1.807) is 13.0 Å². The van der Waals surface area contributed by atoms with Crippen LogP contribution < -0.4 is 14.8 Å². The van der Waals surface area contributed by atoms with E-state index in [1.807, 2.05) is 6.07 Å². The first-order valence-corrected chi connectivity index (χ1v) is 10.1. The number of benzene rings is 2. The lowest BCUT2D eigenvalue weighted by Gasteiger charge is -2.17. The molecule has 0 saturated carbocycles. The molecule has 10 heteroatoms. The van der Waals surface area contributed by atoms with Crippen molar-refractivity contribution in [1.29, 1.82) is 0 Å². The largest absolute Gasteiger partial charge is 0.486 e. The van der Waals surface area contributed by atoms with Crippen LogP contribution in [0.15, 0.2) is 34.9 Å². The van der Waals surface area contributed by atoms with Crippen LogP contribution in [-0.4, -0.2) is 29.3 Å². The smallest absolute Gasteiger partial charge is 0.263 e. The number of aryl methyl sites for hydroxylation is 1. The Balaban J connectivity index is 1.50. The molecule has 0 saturated heterocycles. The zero-order valence-corrected chi connectivity index (χ0v) is 17.1. The predicted octanol–water partition coefficient (Wildman–Crippen LogP) is 5.08. The van der Waals surface area contributed by atoms with Gasteiger partial charge < -0.3 is 14.0 Å². The number of nitrogens with zero attached hydrogens (tertiary/aromatic N) is 2. The van der Waals surface area contributed by atoms with Crippen molar-refractivity contribution in [1.82, 2.24) is 10.1 Å². The highest BCUT2D eigenvalue weighted by Gasteiger charge is 2.26. The molecule has 1 aliphatic heterocycles. The molecule has 1 amide bonds. The molecule has 30 heavy (non-hydrogen) atoms. The van der Waals surface area contributed by atoms with Crippen molar-refractivity contribution in [2.24, 2.45) is 0 Å². The first-order valence-electron chi connectivity index (χ1n) is 8.93. The summed E-state index contributed by atoms with van der Waals surface area (Å²) >= 11 is 7.42. The molecule has 0 aliphatic carbocycles. The Bertz CT molecular complexity index is 1240. The van der Waals surface area contributed by atoms with Gasteiger partial charge in [0.05, 0.1) is 20.8 Å². The number of aromatic nitrogens is 2. The van der Waals surface area contributed by atoms with Gasteiger partial charge in [-0.3, -0.25) is 10.1 Å². The highest BCUT2D eigenvalue weighted by molar-refractivity contribution is 7.22. The maximum atomic E-state index is 14.4. The molecular weight excluding hydrogens is 433 g/mol. The molecule has 2 aromatic carbocycles. The third-order valence-corrected chi connectivity index (χ3v) is 5.81. The lowest BCUT2D eigenvalue weighted by Crippen LogP contribution is -2.15. The predicted molar refractivity (Wildman–Crippen MR) is 110 cm³/mol. The number of carbonyl (C=O) groups is 1. The Kier molecular flexibility index (Phi) is 4.56. The second kappa shape index (κ2) is 7.26. The summed E-state index contributed by atoms with van der Waals surface area (Å²) in [5.74, 6) is 0.361. The van der Waals surface area contributed by atoms with Gasteiger partial charge in [0.25, 0.3) is 5.91 Å². The number of hydrogen-bond acceptors (Lipinski definition) is 7. The lowest BCUT2D eigenvalue weighted by molar-refractivity contribution is 0.102. The first kappa shape index (κ1) is 18.8. The molecule has 5 rings (SSSR count). The number of thiazole rings is 1. The Hall–Kier alpha value is -3.17. The standard InChI is InChI=1S/C20H13ClFN3O4S/c1-9-16(18(25-29-9)17-10(21)3-2-4-11(17)22)19(26)24-20-23-12-7-13-14(8-15(12)30-20)28-6-5-27-13/h2-4,7-8H,5-6H2,1H3,(H,23,24,26). The average molecular weight is 446 g/mol. The fourth-order valence-corrected chi connectivity index (χ4v) is 4.34. The van der Waals surface area contributed by atoms with Gasteiger partial charge in [0.15, 0.2) is 16.6 Å². The molecule has 2 aromatic heterocycles. The molecule has 0 bridgehead atoms. The molecule has 0 unspecified atom stereocenters. The zero-order valence-electron chi connectivity index (χ0n) is 15.5. The van der Waals surface area contributed by atoms with E-state index >= 15 is 0 Å². The summed E-state index contributed by atoms with van der Waals surface area (Å²) in [7, 11) is 0. The lowest BCUT2D eigenvalue weighted by atomic mass is 10.1. The second-order valence-electron chi connectivity index (χ2n) is 6.50. The molecule has 1 aliphatic rings. The number of halogens is 2. The second-order valence-corrected chi connectivity index (χ2v) is 7.93. The minimum Gasteiger partial charge on any atom is -0.486 e. The SMILES string of the molecule is Cc1onc(-c2c(F)cccc2Cl)c1C(=O)Nc1nc2cc3c(cc2s1)OCCO3. The van der Waals surface area contributed by atoms with E-state index in [1.165, 1.54) is 29.5 Å². The third-order valence-electron chi connectivity index (χ3n) is 4.56. The van der Waals surface area contributed by atoms with Gasteiger partial charge in [-0.05, 0) is 19.1 Å². The minimum atomic E-state index is -0.601. The number of amides is 1. The van der Waals surface area contributed by atoms with E-state index in [2.05, 4.69) is 15.5 Å². The molecule has 4 aromatic rings. The van der Waals surface area contributed by atoms with Gasteiger partial charge in [-0.15, -0.1) is 0 Å². The first-order chi connectivity index (χ1) is 14.5. The molecule has 3 heterocycles. The van der Waals surface area contributed by atoms with E-state index in [-0.39, 0.29) is 27.6 Å². The van der Waals surface area contributed by atoms with Gasteiger partial charge in [-0.1, -0.05) is 34.2 Å². The van der Waals surface area contributed by atoms with Crippen LogP contribution in [0.25, 0.3) is 21.5 Å². The van der Waals surface area contributed by atoms with Crippen molar-refractivity contribution in [3.05, 3.63) is 52.5 Å². The number of rotatable bonds is 3. The summed E-state index contributed by atoms with van der Waals surface area (Å²) in [6, 6.07) is 7.83. The summed E-state index contributed by atoms with van der Waals surface area (Å²) in [6.45, 7) is 2.52. The number of hydrogen-bond donors (Lipinski definition) is 1. The van der Waals surface area contributed by atoms with E-state index < -0.39 is 11.7 Å². The number of anilines is 1. The normalized spacial score (nSPS) is 12.9. The van der Waals surface area contributed by atoms with Gasteiger partial charge in [-0.25, -0.2) is 9.37 Å². The summed E-state index contributed by atoms with van der Waals surface area (Å²) < 4.78 is 31.5. The van der Waals surface area contributed by atoms with Crippen molar-refractivity contribution in [3.63, 3.8) is 0 Å². The Morgan fingerprint density at radius 2 is 2.00 bits per heavy atom. The van der Waals surface area contributed by atoms with Crippen LogP contribution in [0.5, 0.6) is 11.5 Å². The fourth-order valence-electron chi connectivity index (χ4n) is 3.21. The fraction of sp³-hybridized carbons (Fsp3) is 0.150. The Morgan fingerprint density at radius 3 is 2.77 bits per heavy atom. The quantitative estimate of drug-likeness (QED) is 0.473. The average Bonchev–Trinajstić information content (AvgIpc) is 3.28. The number of nitrogens with one attached hydrogen (secondary N) is 1. The summed E-state index contributed by atoms with van der Waals surface area (Å²) in [6.07, 6.45) is 0. The molecule has 0 spiro atoms. The molecule has 0 radical (unpaired) electrons. The topological polar surface area (TPSA) is 86.5 Å². The molecular formula is C20H13ClFN3O4S. The van der Waals surface area contributed by atoms with Gasteiger partial charge in [0.1, 0.15) is 36.0 Å². The highest BCUT2D eigenvalue weighted by atomic mass is 35.5. The van der Waals surface area contributed by atoms with Crippen LogP contribution in [0.3, 0.4) is 0 Å². The monoisotopic (exact) mass is 445 g/mol. The minimum absolute atomic E-state index is 0.00689.